The number of carbonyl (C=O) groups is 2. The van der Waals surface area contributed by atoms with E-state index in [2.05, 4.69) is 6.92 Å². The van der Waals surface area contributed by atoms with E-state index in [0.717, 1.165) is 38.5 Å². The quantitative estimate of drug-likeness (QED) is 0.442. The standard InChI is InChI=1S/C24H32O6/c1-2-3-7-11-24(27-13-14-28-24)12-10-18-19-15-22(25)29-21(19)16-20(18)30-23(26)17-8-5-4-6-9-17/h4-6,8-9,18-21H,2-3,7,10-16H2,1H3/t18-,19-,20?,21?/m1/s1. The minimum absolute atomic E-state index is 0.0740. The van der Waals surface area contributed by atoms with E-state index in [1.807, 2.05) is 18.2 Å². The Morgan fingerprint density at radius 3 is 2.63 bits per heavy atom. The van der Waals surface area contributed by atoms with Crippen LogP contribution < -0.4 is 0 Å². The lowest BCUT2D eigenvalue weighted by molar-refractivity contribution is -0.171. The minimum Gasteiger partial charge on any atom is -0.462 e. The topological polar surface area (TPSA) is 71.1 Å². The normalized spacial score (nSPS) is 29.6. The predicted molar refractivity (Wildman–Crippen MR) is 110 cm³/mol. The van der Waals surface area contributed by atoms with Crippen LogP contribution >= 0.6 is 0 Å². The highest BCUT2D eigenvalue weighted by Gasteiger charge is 2.52. The molecule has 30 heavy (non-hydrogen) atoms. The van der Waals surface area contributed by atoms with Crippen molar-refractivity contribution in [1.82, 2.24) is 0 Å². The summed E-state index contributed by atoms with van der Waals surface area (Å²) < 4.78 is 23.5. The minimum atomic E-state index is -0.537. The fraction of sp³-hybridized carbons (Fsp3) is 0.667. The molecule has 1 aromatic rings. The number of esters is 2. The molecule has 3 aliphatic rings. The van der Waals surface area contributed by atoms with Gasteiger partial charge >= 0.3 is 11.9 Å². The number of rotatable bonds is 9. The summed E-state index contributed by atoms with van der Waals surface area (Å²) in [7, 11) is 0. The summed E-state index contributed by atoms with van der Waals surface area (Å²) in [5, 5.41) is 0. The van der Waals surface area contributed by atoms with Crippen LogP contribution in [0.15, 0.2) is 30.3 Å². The van der Waals surface area contributed by atoms with E-state index in [9.17, 15) is 9.59 Å². The number of ether oxygens (including phenoxy) is 4. The zero-order valence-electron chi connectivity index (χ0n) is 17.7. The van der Waals surface area contributed by atoms with E-state index in [4.69, 9.17) is 18.9 Å². The van der Waals surface area contributed by atoms with Gasteiger partial charge in [0.05, 0.1) is 25.2 Å². The van der Waals surface area contributed by atoms with Crippen LogP contribution in [0.4, 0.5) is 0 Å². The molecule has 2 heterocycles. The number of carbonyl (C=O) groups excluding carboxylic acids is 2. The number of benzene rings is 1. The summed E-state index contributed by atoms with van der Waals surface area (Å²) in [6, 6.07) is 9.05. The van der Waals surface area contributed by atoms with Gasteiger partial charge in [0, 0.05) is 31.1 Å². The van der Waals surface area contributed by atoms with E-state index in [-0.39, 0.29) is 36.0 Å². The lowest BCUT2D eigenvalue weighted by Gasteiger charge is -2.31. The van der Waals surface area contributed by atoms with Gasteiger partial charge in [0.2, 0.25) is 0 Å². The molecule has 6 heteroatoms. The summed E-state index contributed by atoms with van der Waals surface area (Å²) in [5.41, 5.74) is 0.545. The van der Waals surface area contributed by atoms with Gasteiger partial charge in [0.1, 0.15) is 12.2 Å². The molecule has 1 aromatic carbocycles. The van der Waals surface area contributed by atoms with E-state index >= 15 is 0 Å². The lowest BCUT2D eigenvalue weighted by Crippen LogP contribution is -2.33. The zero-order chi connectivity index (χ0) is 21.0. The van der Waals surface area contributed by atoms with Crippen molar-refractivity contribution < 1.29 is 28.5 Å². The molecule has 164 valence electrons. The van der Waals surface area contributed by atoms with Crippen molar-refractivity contribution in [2.24, 2.45) is 11.8 Å². The highest BCUT2D eigenvalue weighted by atomic mass is 16.7. The van der Waals surface area contributed by atoms with Gasteiger partial charge in [-0.05, 0) is 25.0 Å². The molecule has 4 rings (SSSR count). The first-order valence-corrected chi connectivity index (χ1v) is 11.3. The van der Waals surface area contributed by atoms with Gasteiger partial charge in [-0.3, -0.25) is 4.79 Å². The molecule has 3 fully saturated rings. The van der Waals surface area contributed by atoms with Crippen LogP contribution in [-0.2, 0) is 23.7 Å². The van der Waals surface area contributed by atoms with Gasteiger partial charge in [-0.25, -0.2) is 4.79 Å². The molecule has 0 amide bonds. The molecular formula is C24H32O6. The van der Waals surface area contributed by atoms with Gasteiger partial charge in [-0.15, -0.1) is 0 Å². The molecule has 4 atom stereocenters. The largest absolute Gasteiger partial charge is 0.462 e. The average Bonchev–Trinajstić information content (AvgIpc) is 3.43. The van der Waals surface area contributed by atoms with Crippen molar-refractivity contribution in [2.75, 3.05) is 13.2 Å². The summed E-state index contributed by atoms with van der Waals surface area (Å²) in [6.45, 7) is 3.43. The molecule has 2 unspecified atom stereocenters. The molecule has 0 N–H and O–H groups in total. The van der Waals surface area contributed by atoms with Crippen LogP contribution in [0.1, 0.15) is 68.6 Å². The van der Waals surface area contributed by atoms with Gasteiger partial charge in [0.15, 0.2) is 5.79 Å². The first-order chi connectivity index (χ1) is 14.6. The van der Waals surface area contributed by atoms with Crippen LogP contribution in [0.25, 0.3) is 0 Å². The molecule has 0 spiro atoms. The molecule has 2 aliphatic heterocycles. The number of hydrogen-bond acceptors (Lipinski definition) is 6. The number of fused-ring (bicyclic) bond motifs is 1. The van der Waals surface area contributed by atoms with Crippen LogP contribution in [0.2, 0.25) is 0 Å². The Labute approximate surface area is 178 Å². The van der Waals surface area contributed by atoms with E-state index in [0.29, 0.717) is 31.6 Å². The zero-order valence-corrected chi connectivity index (χ0v) is 17.7. The van der Waals surface area contributed by atoms with E-state index in [1.54, 1.807) is 12.1 Å². The van der Waals surface area contributed by atoms with Gasteiger partial charge in [-0.2, -0.15) is 0 Å². The number of unbranched alkanes of at least 4 members (excludes halogenated alkanes) is 2. The monoisotopic (exact) mass is 416 g/mol. The third-order valence-corrected chi connectivity index (χ3v) is 6.76. The van der Waals surface area contributed by atoms with E-state index in [1.165, 1.54) is 0 Å². The Hall–Kier alpha value is -1.92. The van der Waals surface area contributed by atoms with Gasteiger partial charge in [0.25, 0.3) is 0 Å². The molecule has 0 bridgehead atoms. The van der Waals surface area contributed by atoms with Gasteiger partial charge in [-0.1, -0.05) is 38.0 Å². The van der Waals surface area contributed by atoms with Crippen LogP contribution in [0.3, 0.4) is 0 Å². The van der Waals surface area contributed by atoms with E-state index < -0.39 is 5.79 Å². The molecular weight excluding hydrogens is 384 g/mol. The maximum absolute atomic E-state index is 12.6. The van der Waals surface area contributed by atoms with Crippen molar-refractivity contribution in [3.63, 3.8) is 0 Å². The van der Waals surface area contributed by atoms with Crippen LogP contribution in [0, 0.1) is 11.8 Å². The highest BCUT2D eigenvalue weighted by molar-refractivity contribution is 5.89. The summed E-state index contributed by atoms with van der Waals surface area (Å²) in [5.74, 6) is -0.827. The first-order valence-electron chi connectivity index (χ1n) is 11.3. The molecule has 2 saturated heterocycles. The maximum Gasteiger partial charge on any atom is 0.338 e. The first kappa shape index (κ1) is 21.3. The Morgan fingerprint density at radius 1 is 1.13 bits per heavy atom. The fourth-order valence-corrected chi connectivity index (χ4v) is 5.21. The third-order valence-electron chi connectivity index (χ3n) is 6.76. The smallest absolute Gasteiger partial charge is 0.338 e. The maximum atomic E-state index is 12.6. The van der Waals surface area contributed by atoms with Crippen molar-refractivity contribution in [2.45, 2.75) is 76.3 Å². The average molecular weight is 417 g/mol. The second kappa shape index (κ2) is 9.48. The molecule has 6 nitrogen and oxygen atoms in total. The molecule has 1 aliphatic carbocycles. The summed E-state index contributed by atoms with van der Waals surface area (Å²) in [6.07, 6.45) is 6.36. The molecule has 1 saturated carbocycles. The number of hydrogen-bond donors (Lipinski definition) is 0. The lowest BCUT2D eigenvalue weighted by atomic mass is 9.86. The Balaban J connectivity index is 1.43. The summed E-state index contributed by atoms with van der Waals surface area (Å²) in [4.78, 5) is 24.5. The van der Waals surface area contributed by atoms with Crippen molar-refractivity contribution >= 4 is 11.9 Å². The molecule has 0 radical (unpaired) electrons. The van der Waals surface area contributed by atoms with Crippen molar-refractivity contribution in [1.29, 1.82) is 0 Å². The predicted octanol–water partition coefficient (Wildman–Crippen LogP) is 4.27. The highest BCUT2D eigenvalue weighted by Crippen LogP contribution is 2.46. The van der Waals surface area contributed by atoms with Crippen LogP contribution in [-0.4, -0.2) is 43.1 Å². The Bertz CT molecular complexity index is 726. The summed E-state index contributed by atoms with van der Waals surface area (Å²) >= 11 is 0. The second-order valence-corrected chi connectivity index (χ2v) is 8.71. The van der Waals surface area contributed by atoms with Crippen LogP contribution in [0.5, 0.6) is 0 Å². The fourth-order valence-electron chi connectivity index (χ4n) is 5.21. The Morgan fingerprint density at radius 2 is 1.90 bits per heavy atom. The van der Waals surface area contributed by atoms with Gasteiger partial charge < -0.3 is 18.9 Å². The second-order valence-electron chi connectivity index (χ2n) is 8.71. The van der Waals surface area contributed by atoms with Crippen molar-refractivity contribution in [3.05, 3.63) is 35.9 Å². The SMILES string of the molecule is CCCCCC1(CC[C@H]2C(OC(=O)c3ccccc3)CC3OC(=O)C[C@@H]32)OCCO1. The van der Waals surface area contributed by atoms with Crippen molar-refractivity contribution in [3.8, 4) is 0 Å². The third kappa shape index (κ3) is 4.70. The molecule has 0 aromatic heterocycles. The Kier molecular flexibility index (Phi) is 6.74.